The van der Waals surface area contributed by atoms with Crippen molar-refractivity contribution in [1.82, 2.24) is 42.4 Å². The molecule has 0 spiro atoms. The first-order chi connectivity index (χ1) is 63.4. The molecule has 0 saturated heterocycles. The van der Waals surface area contributed by atoms with Crippen LogP contribution in [0.15, 0.2) is 297 Å². The smallest absolute Gasteiger partial charge is 0.164 e. The van der Waals surface area contributed by atoms with Crippen LogP contribution in [0.1, 0.15) is 211 Å². The highest BCUT2D eigenvalue weighted by Gasteiger charge is 2.31. The molecule has 0 bridgehead atoms. The maximum atomic E-state index is 5.65. The fraction of sp³-hybridized carbons (Fsp3) is 0.256. The number of rotatable bonds is 9. The minimum atomic E-state index is -0.0437. The van der Waals surface area contributed by atoms with Crippen LogP contribution in [0.2, 0.25) is 0 Å². The summed E-state index contributed by atoms with van der Waals surface area (Å²) in [5, 5.41) is 14.6. The van der Waals surface area contributed by atoms with E-state index >= 15 is 0 Å². The van der Waals surface area contributed by atoms with Gasteiger partial charge < -0.3 is 27.4 Å². The van der Waals surface area contributed by atoms with E-state index in [-0.39, 0.29) is 43.3 Å². The van der Waals surface area contributed by atoms with Gasteiger partial charge in [-0.2, -0.15) is 0 Å². The van der Waals surface area contributed by atoms with Gasteiger partial charge in [0.15, 0.2) is 17.5 Å². The molecule has 0 aliphatic rings. The van der Waals surface area contributed by atoms with Crippen LogP contribution >= 0.6 is 0 Å². The fourth-order valence-corrected chi connectivity index (χ4v) is 21.0. The summed E-state index contributed by atoms with van der Waals surface area (Å²) < 4.78 is 14.9. The van der Waals surface area contributed by atoms with E-state index < -0.39 is 0 Å². The first-order valence-electron chi connectivity index (χ1n) is 48.0. The zero-order valence-electron chi connectivity index (χ0n) is 82.3. The van der Waals surface area contributed by atoms with E-state index in [2.05, 4.69) is 491 Å². The lowest BCUT2D eigenvalue weighted by molar-refractivity contribution is 0.590. The minimum Gasteiger partial charge on any atom is -0.309 e. The summed E-state index contributed by atoms with van der Waals surface area (Å²) in [4.78, 5) is 16.7. The summed E-state index contributed by atoms with van der Waals surface area (Å²) in [6.45, 7) is 55.6. The van der Waals surface area contributed by atoms with E-state index in [1.807, 2.05) is 0 Å². The molecule has 666 valence electrons. The molecule has 0 radical (unpaired) electrons. The lowest BCUT2D eigenvalue weighted by Crippen LogP contribution is -2.10. The molecular weight excluding hydrogens is 1630 g/mol. The van der Waals surface area contributed by atoms with Crippen LogP contribution in [0.5, 0.6) is 0 Å². The van der Waals surface area contributed by atoms with Crippen LogP contribution < -0.4 is 0 Å². The second-order valence-corrected chi connectivity index (χ2v) is 46.4. The van der Waals surface area contributed by atoms with Gasteiger partial charge in [0.1, 0.15) is 0 Å². The van der Waals surface area contributed by atoms with Crippen molar-refractivity contribution in [2.75, 3.05) is 0 Å². The van der Waals surface area contributed by atoms with Crippen LogP contribution in [0.3, 0.4) is 0 Å². The van der Waals surface area contributed by atoms with Crippen molar-refractivity contribution in [2.24, 2.45) is 0 Å². The SMILES string of the molecule is CC(C)(C)c1ccc2c(c1)c1cc(C(C)(C)C)ccc1n2-c1ccc2c(c1)c1cc(-n3c4ccc(C(C)(C)C)cc4c4cc(C(C)(C)C)ccc43)ccc1n2-c1cccc(-c2nc(-c3ccccc3)nc(-c3cccc(-n4c5ccc(-n6c7ccc(C(C)(C)C)cc7c7cc(C(C)(C)C)ccc76)cc5c5cc(-n6c7ccc(C(C)(C)C)cc7c7cc(C(C)(C)C)ccc76)ccc54)c3)n2)c1. The first kappa shape index (κ1) is 85.6. The first-order valence-corrected chi connectivity index (χ1v) is 48.0. The molecule has 7 aromatic heterocycles. The molecule has 9 nitrogen and oxygen atoms in total. The third kappa shape index (κ3) is 14.2. The van der Waals surface area contributed by atoms with Crippen LogP contribution in [0.4, 0.5) is 0 Å². The Morgan fingerprint density at radius 2 is 0.299 bits per heavy atom. The summed E-state index contributed by atoms with van der Waals surface area (Å²) in [6.07, 6.45) is 0. The lowest BCUT2D eigenvalue weighted by Gasteiger charge is -2.19. The van der Waals surface area contributed by atoms with Gasteiger partial charge in [0.25, 0.3) is 0 Å². The Kier molecular flexibility index (Phi) is 19.0. The van der Waals surface area contributed by atoms with Crippen LogP contribution in [0, 0.1) is 0 Å². The third-order valence-electron chi connectivity index (χ3n) is 28.9. The molecule has 0 amide bonds. The van der Waals surface area contributed by atoms with Crippen molar-refractivity contribution >= 4 is 131 Å². The van der Waals surface area contributed by atoms with E-state index in [1.165, 1.54) is 132 Å². The standard InChI is InChI=1S/C125H121N9/c1-118(2,3)77-36-48-103-91(62-77)92-63-78(119(4,5)6)37-49-104(92)131(103)87-44-56-111-99(70-87)100-71-88(132-105-50-38-79(120(7,8)9)64-93(105)94-65-80(121(10,11)12)39-51-106(94)132)45-57-112(100)129(111)85-34-28-32-75(60-85)116-126-115(74-30-26-25-27-31-74)127-117(128-116)76-33-29-35-86(61-76)130-113-58-46-89(133-107-52-40-81(122(13,14)15)66-95(107)96-67-82(123(16,17)18)41-53-108(96)133)72-101(113)102-73-90(47-59-114(102)130)134-109-54-42-83(124(19,20)21)68-97(109)98-69-84(125(22,23)24)43-55-110(98)134/h25-73H,1-24H3. The minimum absolute atomic E-state index is 0.0437. The number of nitrogens with zero attached hydrogens (tertiary/aromatic N) is 9. The Balaban J connectivity index is 0.730. The van der Waals surface area contributed by atoms with Crippen molar-refractivity contribution in [1.29, 1.82) is 0 Å². The topological polar surface area (TPSA) is 68.2 Å². The van der Waals surface area contributed by atoms with Crippen LogP contribution in [-0.4, -0.2) is 42.4 Å². The number of hydrogen-bond donors (Lipinski definition) is 0. The monoisotopic (exact) mass is 1750 g/mol. The normalized spacial score (nSPS) is 13.2. The van der Waals surface area contributed by atoms with E-state index in [1.54, 1.807) is 0 Å². The molecule has 0 unspecified atom stereocenters. The Morgan fingerprint density at radius 1 is 0.142 bits per heavy atom. The molecule has 22 aromatic rings. The van der Waals surface area contributed by atoms with Crippen molar-refractivity contribution in [3.63, 3.8) is 0 Å². The molecule has 0 aliphatic heterocycles. The summed E-state index contributed by atoms with van der Waals surface area (Å²) >= 11 is 0. The van der Waals surface area contributed by atoms with Gasteiger partial charge in [0.2, 0.25) is 0 Å². The highest BCUT2D eigenvalue weighted by Crippen LogP contribution is 2.48. The van der Waals surface area contributed by atoms with E-state index in [0.717, 1.165) is 94.4 Å². The number of hydrogen-bond acceptors (Lipinski definition) is 3. The van der Waals surface area contributed by atoms with E-state index in [0.29, 0.717) is 17.5 Å². The van der Waals surface area contributed by atoms with Gasteiger partial charge in [0, 0.05) is 115 Å². The Labute approximate surface area is 787 Å². The summed E-state index contributed by atoms with van der Waals surface area (Å²) in [6, 6.07) is 114. The Morgan fingerprint density at radius 3 is 0.485 bits per heavy atom. The Hall–Kier alpha value is -13.9. The van der Waals surface area contributed by atoms with Gasteiger partial charge in [-0.05, 0) is 282 Å². The highest BCUT2D eigenvalue weighted by molar-refractivity contribution is 6.18. The average molecular weight is 1750 g/mol. The van der Waals surface area contributed by atoms with Crippen LogP contribution in [0.25, 0.3) is 199 Å². The van der Waals surface area contributed by atoms with Crippen molar-refractivity contribution in [3.05, 3.63) is 342 Å². The van der Waals surface area contributed by atoms with Gasteiger partial charge >= 0.3 is 0 Å². The van der Waals surface area contributed by atoms with E-state index in [4.69, 9.17) is 15.0 Å². The molecule has 134 heavy (non-hydrogen) atoms. The number of fused-ring (bicyclic) bond motifs is 18. The van der Waals surface area contributed by atoms with Crippen molar-refractivity contribution < 1.29 is 0 Å². The predicted molar refractivity (Wildman–Crippen MR) is 572 cm³/mol. The third-order valence-corrected chi connectivity index (χ3v) is 28.9. The molecular formula is C125H121N9. The zero-order chi connectivity index (χ0) is 93.6. The molecule has 22 rings (SSSR count). The zero-order valence-corrected chi connectivity index (χ0v) is 82.3. The van der Waals surface area contributed by atoms with Gasteiger partial charge in [-0.1, -0.05) is 269 Å². The highest BCUT2D eigenvalue weighted by atomic mass is 15.1. The van der Waals surface area contributed by atoms with E-state index in [9.17, 15) is 0 Å². The largest absolute Gasteiger partial charge is 0.309 e. The lowest BCUT2D eigenvalue weighted by atomic mass is 9.85. The average Bonchev–Trinajstić information content (AvgIpc) is 1.58. The summed E-state index contributed by atoms with van der Waals surface area (Å²) in [5.41, 5.74) is 32.9. The molecule has 0 N–H and O–H groups in total. The van der Waals surface area contributed by atoms with Gasteiger partial charge in [-0.3, -0.25) is 0 Å². The van der Waals surface area contributed by atoms with Crippen molar-refractivity contribution in [3.8, 4) is 68.3 Å². The maximum Gasteiger partial charge on any atom is 0.164 e. The number of benzene rings is 15. The number of aromatic nitrogens is 9. The maximum absolute atomic E-state index is 5.65. The van der Waals surface area contributed by atoms with Crippen LogP contribution in [-0.2, 0) is 43.3 Å². The second kappa shape index (κ2) is 29.8. The molecule has 15 aromatic carbocycles. The predicted octanol–water partition coefficient (Wildman–Crippen LogP) is 33.8. The van der Waals surface area contributed by atoms with Gasteiger partial charge in [-0.15, -0.1) is 0 Å². The van der Waals surface area contributed by atoms with Gasteiger partial charge in [-0.25, -0.2) is 15.0 Å². The molecule has 0 fully saturated rings. The molecule has 0 saturated carbocycles. The molecule has 0 aliphatic carbocycles. The summed E-state index contributed by atoms with van der Waals surface area (Å²) in [5.74, 6) is 1.72. The molecule has 9 heteroatoms. The molecule has 0 atom stereocenters. The summed E-state index contributed by atoms with van der Waals surface area (Å²) in [7, 11) is 0. The fourth-order valence-electron chi connectivity index (χ4n) is 21.0. The van der Waals surface area contributed by atoms with Gasteiger partial charge in [0.05, 0.1) is 66.2 Å². The second-order valence-electron chi connectivity index (χ2n) is 46.4. The Bertz CT molecular complexity index is 7490. The molecule has 7 heterocycles. The van der Waals surface area contributed by atoms with Crippen molar-refractivity contribution in [2.45, 2.75) is 209 Å². The quantitative estimate of drug-likeness (QED) is 0.145.